The Morgan fingerprint density at radius 1 is 1.10 bits per heavy atom. The highest BCUT2D eigenvalue weighted by molar-refractivity contribution is 5.97. The molecule has 4 rings (SSSR count). The summed E-state index contributed by atoms with van der Waals surface area (Å²) in [5, 5.41) is 2.98. The van der Waals surface area contributed by atoms with E-state index in [0.717, 1.165) is 37.2 Å². The van der Waals surface area contributed by atoms with Crippen molar-refractivity contribution in [3.63, 3.8) is 0 Å². The molecule has 0 aliphatic carbocycles. The Bertz CT molecular complexity index is 944. The van der Waals surface area contributed by atoms with E-state index in [1.807, 2.05) is 6.07 Å². The smallest absolute Gasteiger partial charge is 0.337 e. The standard InChI is InChI=1S/C23H26FN3O4/c1-30-22(28)17-6-9-20(26-10-2-3-11-26)19(14-17)25-23(29)27-12-13-31-21(15-27)16-4-7-18(24)8-5-16/h4-9,14,21H,2-3,10-13,15H2,1H3,(H,25,29). The molecule has 2 aromatic rings. The van der Waals surface area contributed by atoms with E-state index >= 15 is 0 Å². The molecule has 2 saturated heterocycles. The van der Waals surface area contributed by atoms with E-state index < -0.39 is 5.97 Å². The largest absolute Gasteiger partial charge is 0.465 e. The van der Waals surface area contributed by atoms with Gasteiger partial charge in [-0.1, -0.05) is 12.1 Å². The number of carbonyl (C=O) groups excluding carboxylic acids is 2. The first-order valence-corrected chi connectivity index (χ1v) is 10.5. The van der Waals surface area contributed by atoms with Gasteiger partial charge in [-0.3, -0.25) is 0 Å². The second-order valence-electron chi connectivity index (χ2n) is 7.70. The van der Waals surface area contributed by atoms with Gasteiger partial charge in [0.05, 0.1) is 37.2 Å². The summed E-state index contributed by atoms with van der Waals surface area (Å²) >= 11 is 0. The number of halogens is 1. The van der Waals surface area contributed by atoms with E-state index in [4.69, 9.17) is 9.47 Å². The van der Waals surface area contributed by atoms with Gasteiger partial charge >= 0.3 is 12.0 Å². The number of hydrogen-bond donors (Lipinski definition) is 1. The van der Waals surface area contributed by atoms with Gasteiger partial charge in [0, 0.05) is 19.6 Å². The van der Waals surface area contributed by atoms with Gasteiger partial charge in [0.1, 0.15) is 11.9 Å². The van der Waals surface area contributed by atoms with Crippen molar-refractivity contribution in [2.24, 2.45) is 0 Å². The molecule has 31 heavy (non-hydrogen) atoms. The third-order valence-corrected chi connectivity index (χ3v) is 5.70. The van der Waals surface area contributed by atoms with Gasteiger partial charge < -0.3 is 24.6 Å². The van der Waals surface area contributed by atoms with Crippen molar-refractivity contribution in [1.29, 1.82) is 0 Å². The van der Waals surface area contributed by atoms with Gasteiger partial charge in [0.15, 0.2) is 0 Å². The molecule has 1 unspecified atom stereocenters. The van der Waals surface area contributed by atoms with Gasteiger partial charge in [-0.05, 0) is 48.7 Å². The van der Waals surface area contributed by atoms with Crippen molar-refractivity contribution in [2.75, 3.05) is 50.1 Å². The van der Waals surface area contributed by atoms with Crippen molar-refractivity contribution >= 4 is 23.4 Å². The van der Waals surface area contributed by atoms with E-state index in [-0.39, 0.29) is 18.0 Å². The normalized spacial score (nSPS) is 18.7. The molecule has 2 aliphatic rings. The Labute approximate surface area is 180 Å². The number of ether oxygens (including phenoxy) is 2. The Balaban J connectivity index is 1.52. The molecule has 2 aromatic carbocycles. The van der Waals surface area contributed by atoms with Crippen LogP contribution in [0.1, 0.15) is 34.9 Å². The zero-order valence-corrected chi connectivity index (χ0v) is 17.5. The van der Waals surface area contributed by atoms with Gasteiger partial charge in [-0.2, -0.15) is 0 Å². The lowest BCUT2D eigenvalue weighted by atomic mass is 10.1. The molecule has 2 heterocycles. The van der Waals surface area contributed by atoms with Crippen LogP contribution in [0.3, 0.4) is 0 Å². The number of rotatable bonds is 4. The van der Waals surface area contributed by atoms with Gasteiger partial charge in [-0.15, -0.1) is 0 Å². The molecule has 0 aromatic heterocycles. The van der Waals surface area contributed by atoms with Crippen LogP contribution >= 0.6 is 0 Å². The summed E-state index contributed by atoms with van der Waals surface area (Å²) in [6, 6.07) is 11.1. The highest BCUT2D eigenvalue weighted by Crippen LogP contribution is 2.31. The first-order chi connectivity index (χ1) is 15.0. The predicted molar refractivity (Wildman–Crippen MR) is 115 cm³/mol. The molecular weight excluding hydrogens is 401 g/mol. The van der Waals surface area contributed by atoms with E-state index in [2.05, 4.69) is 10.2 Å². The number of morpholine rings is 1. The maximum absolute atomic E-state index is 13.2. The zero-order chi connectivity index (χ0) is 21.8. The van der Waals surface area contributed by atoms with Crippen LogP contribution in [0.4, 0.5) is 20.6 Å². The quantitative estimate of drug-likeness (QED) is 0.752. The Hall–Kier alpha value is -3.13. The average Bonchev–Trinajstić information content (AvgIpc) is 3.34. The maximum Gasteiger partial charge on any atom is 0.337 e. The summed E-state index contributed by atoms with van der Waals surface area (Å²) in [6.07, 6.45) is 1.86. The molecule has 1 N–H and O–H groups in total. The van der Waals surface area contributed by atoms with Crippen LogP contribution in [0.25, 0.3) is 0 Å². The number of methoxy groups -OCH3 is 1. The Morgan fingerprint density at radius 2 is 1.84 bits per heavy atom. The lowest BCUT2D eigenvalue weighted by Gasteiger charge is -2.33. The molecule has 164 valence electrons. The molecule has 0 bridgehead atoms. The number of hydrogen-bond acceptors (Lipinski definition) is 5. The minimum Gasteiger partial charge on any atom is -0.465 e. The number of carbonyl (C=O) groups is 2. The topological polar surface area (TPSA) is 71.1 Å². The first kappa shape index (κ1) is 21.1. The number of esters is 1. The number of benzene rings is 2. The molecule has 0 radical (unpaired) electrons. The van der Waals surface area contributed by atoms with Crippen LogP contribution in [0, 0.1) is 5.82 Å². The van der Waals surface area contributed by atoms with Gasteiger partial charge in [0.25, 0.3) is 0 Å². The second-order valence-corrected chi connectivity index (χ2v) is 7.70. The fraction of sp³-hybridized carbons (Fsp3) is 0.391. The molecular formula is C23H26FN3O4. The number of anilines is 2. The van der Waals surface area contributed by atoms with Crippen LogP contribution in [0.15, 0.2) is 42.5 Å². The van der Waals surface area contributed by atoms with Crippen LogP contribution < -0.4 is 10.2 Å². The van der Waals surface area contributed by atoms with Crippen LogP contribution in [0.5, 0.6) is 0 Å². The lowest BCUT2D eigenvalue weighted by Crippen LogP contribution is -2.44. The van der Waals surface area contributed by atoms with Crippen molar-refractivity contribution in [2.45, 2.75) is 18.9 Å². The minimum absolute atomic E-state index is 0.266. The molecule has 2 amide bonds. The summed E-state index contributed by atoms with van der Waals surface area (Å²) in [5.41, 5.74) is 2.68. The van der Waals surface area contributed by atoms with E-state index in [1.54, 1.807) is 29.2 Å². The Morgan fingerprint density at radius 3 is 2.55 bits per heavy atom. The molecule has 0 saturated carbocycles. The highest BCUT2D eigenvalue weighted by atomic mass is 19.1. The van der Waals surface area contributed by atoms with Crippen LogP contribution in [0.2, 0.25) is 0 Å². The minimum atomic E-state index is -0.453. The van der Waals surface area contributed by atoms with Gasteiger partial charge in [-0.25, -0.2) is 14.0 Å². The molecule has 1 atom stereocenters. The first-order valence-electron chi connectivity index (χ1n) is 10.5. The highest BCUT2D eigenvalue weighted by Gasteiger charge is 2.27. The molecule has 0 spiro atoms. The van der Waals surface area contributed by atoms with E-state index in [1.165, 1.54) is 19.2 Å². The van der Waals surface area contributed by atoms with Crippen LogP contribution in [-0.4, -0.2) is 56.8 Å². The third-order valence-electron chi connectivity index (χ3n) is 5.70. The fourth-order valence-corrected chi connectivity index (χ4v) is 4.02. The monoisotopic (exact) mass is 427 g/mol. The molecule has 7 nitrogen and oxygen atoms in total. The van der Waals surface area contributed by atoms with Crippen molar-refractivity contribution in [1.82, 2.24) is 4.90 Å². The average molecular weight is 427 g/mol. The summed E-state index contributed by atoms with van der Waals surface area (Å²) < 4.78 is 23.9. The van der Waals surface area contributed by atoms with E-state index in [0.29, 0.717) is 30.9 Å². The van der Waals surface area contributed by atoms with Crippen molar-refractivity contribution < 1.29 is 23.5 Å². The number of urea groups is 1. The lowest BCUT2D eigenvalue weighted by molar-refractivity contribution is -0.0135. The molecule has 2 aliphatic heterocycles. The summed E-state index contributed by atoms with van der Waals surface area (Å²) in [4.78, 5) is 29.0. The number of amides is 2. The summed E-state index contributed by atoms with van der Waals surface area (Å²) in [5.74, 6) is -0.764. The summed E-state index contributed by atoms with van der Waals surface area (Å²) in [7, 11) is 1.33. The van der Waals surface area contributed by atoms with Crippen molar-refractivity contribution in [3.8, 4) is 0 Å². The third kappa shape index (κ3) is 4.80. The molecule has 2 fully saturated rings. The SMILES string of the molecule is COC(=O)c1ccc(N2CCCC2)c(NC(=O)N2CCOC(c3ccc(F)cc3)C2)c1. The second kappa shape index (κ2) is 9.34. The predicted octanol–water partition coefficient (Wildman–Crippen LogP) is 3.82. The zero-order valence-electron chi connectivity index (χ0n) is 17.5. The summed E-state index contributed by atoms with van der Waals surface area (Å²) in [6.45, 7) is 3.00. The van der Waals surface area contributed by atoms with E-state index in [9.17, 15) is 14.0 Å². The number of nitrogens with zero attached hydrogens (tertiary/aromatic N) is 2. The number of nitrogens with one attached hydrogen (secondary N) is 1. The van der Waals surface area contributed by atoms with Crippen molar-refractivity contribution in [3.05, 3.63) is 59.4 Å². The molecule has 8 heteroatoms. The van der Waals surface area contributed by atoms with Gasteiger partial charge in [0.2, 0.25) is 0 Å². The Kier molecular flexibility index (Phi) is 6.36. The van der Waals surface area contributed by atoms with Crippen LogP contribution in [-0.2, 0) is 9.47 Å². The maximum atomic E-state index is 13.2. The fourth-order valence-electron chi connectivity index (χ4n) is 4.02.